The SMILES string of the molecule is C=CCN(CCC(=O)NC(N)=O)Cc1ccccc1. The second kappa shape index (κ2) is 8.05. The largest absolute Gasteiger partial charge is 0.351 e. The molecule has 0 saturated carbocycles. The zero-order valence-electron chi connectivity index (χ0n) is 10.8. The van der Waals surface area contributed by atoms with Crippen LogP contribution in [0, 0.1) is 0 Å². The monoisotopic (exact) mass is 261 g/mol. The minimum atomic E-state index is -0.816. The van der Waals surface area contributed by atoms with Crippen molar-refractivity contribution in [2.45, 2.75) is 13.0 Å². The van der Waals surface area contributed by atoms with Gasteiger partial charge in [-0.05, 0) is 5.56 Å². The first-order chi connectivity index (χ1) is 9.11. The highest BCUT2D eigenvalue weighted by atomic mass is 16.2. The quantitative estimate of drug-likeness (QED) is 0.725. The van der Waals surface area contributed by atoms with Gasteiger partial charge in [-0.3, -0.25) is 15.0 Å². The molecule has 102 valence electrons. The van der Waals surface area contributed by atoms with E-state index in [1.807, 2.05) is 30.3 Å². The molecule has 0 atom stereocenters. The molecule has 0 aliphatic heterocycles. The Hall–Kier alpha value is -2.14. The van der Waals surface area contributed by atoms with E-state index in [-0.39, 0.29) is 12.3 Å². The highest BCUT2D eigenvalue weighted by molar-refractivity contribution is 5.93. The summed E-state index contributed by atoms with van der Waals surface area (Å²) < 4.78 is 0. The average Bonchev–Trinajstić information content (AvgIpc) is 2.37. The number of carbonyl (C=O) groups excluding carboxylic acids is 2. The minimum Gasteiger partial charge on any atom is -0.351 e. The number of urea groups is 1. The van der Waals surface area contributed by atoms with Crippen molar-refractivity contribution >= 4 is 11.9 Å². The van der Waals surface area contributed by atoms with Gasteiger partial charge in [-0.1, -0.05) is 36.4 Å². The Labute approximate surface area is 113 Å². The number of primary amides is 1. The molecule has 3 N–H and O–H groups in total. The van der Waals surface area contributed by atoms with E-state index in [1.54, 1.807) is 6.08 Å². The van der Waals surface area contributed by atoms with E-state index in [4.69, 9.17) is 5.73 Å². The van der Waals surface area contributed by atoms with Crippen molar-refractivity contribution in [3.63, 3.8) is 0 Å². The standard InChI is InChI=1S/C14H19N3O2/c1-2-9-17(10-8-13(18)16-14(15)19)11-12-6-4-3-5-7-12/h2-7H,1,8-11H2,(H3,15,16,18,19). The molecule has 19 heavy (non-hydrogen) atoms. The summed E-state index contributed by atoms with van der Waals surface area (Å²) in [6.45, 7) is 5.66. The van der Waals surface area contributed by atoms with Crippen LogP contribution in [-0.4, -0.2) is 29.9 Å². The number of nitrogens with two attached hydrogens (primary N) is 1. The number of carbonyl (C=O) groups is 2. The third-order valence-electron chi connectivity index (χ3n) is 2.55. The van der Waals surface area contributed by atoms with Crippen LogP contribution in [0.15, 0.2) is 43.0 Å². The normalized spacial score (nSPS) is 10.2. The van der Waals surface area contributed by atoms with Crippen LogP contribution in [0.1, 0.15) is 12.0 Å². The first-order valence-corrected chi connectivity index (χ1v) is 6.08. The van der Waals surface area contributed by atoms with E-state index in [0.29, 0.717) is 13.1 Å². The second-order valence-corrected chi connectivity index (χ2v) is 4.17. The van der Waals surface area contributed by atoms with Gasteiger partial charge in [0, 0.05) is 26.1 Å². The number of benzene rings is 1. The van der Waals surface area contributed by atoms with Crippen molar-refractivity contribution in [1.82, 2.24) is 10.2 Å². The summed E-state index contributed by atoms with van der Waals surface area (Å²) in [7, 11) is 0. The Morgan fingerprint density at radius 1 is 1.32 bits per heavy atom. The predicted octanol–water partition coefficient (Wildman–Crippen LogP) is 1.26. The predicted molar refractivity (Wildman–Crippen MR) is 74.3 cm³/mol. The zero-order valence-corrected chi connectivity index (χ0v) is 10.8. The molecule has 0 unspecified atom stereocenters. The maximum absolute atomic E-state index is 11.4. The van der Waals surface area contributed by atoms with Crippen molar-refractivity contribution in [2.75, 3.05) is 13.1 Å². The molecule has 3 amide bonds. The first-order valence-electron chi connectivity index (χ1n) is 6.08. The molecule has 5 heteroatoms. The molecule has 0 heterocycles. The Morgan fingerprint density at radius 3 is 2.58 bits per heavy atom. The number of rotatable bonds is 7. The fourth-order valence-corrected chi connectivity index (χ4v) is 1.72. The topological polar surface area (TPSA) is 75.4 Å². The summed E-state index contributed by atoms with van der Waals surface area (Å²) in [5.74, 6) is -0.366. The third kappa shape index (κ3) is 6.38. The molecule has 5 nitrogen and oxygen atoms in total. The second-order valence-electron chi connectivity index (χ2n) is 4.17. The van der Waals surface area contributed by atoms with Gasteiger partial charge < -0.3 is 5.73 Å². The molecule has 0 spiro atoms. The molecule has 0 fully saturated rings. The van der Waals surface area contributed by atoms with E-state index in [1.165, 1.54) is 5.56 Å². The molecular weight excluding hydrogens is 242 g/mol. The fraction of sp³-hybridized carbons (Fsp3) is 0.286. The summed E-state index contributed by atoms with van der Waals surface area (Å²) >= 11 is 0. The number of nitrogens with one attached hydrogen (secondary N) is 1. The van der Waals surface area contributed by atoms with Gasteiger partial charge in [0.1, 0.15) is 0 Å². The zero-order chi connectivity index (χ0) is 14.1. The van der Waals surface area contributed by atoms with Gasteiger partial charge in [0.05, 0.1) is 0 Å². The Morgan fingerprint density at radius 2 is 2.00 bits per heavy atom. The molecule has 0 aliphatic carbocycles. The van der Waals surface area contributed by atoms with Crippen LogP contribution in [0.25, 0.3) is 0 Å². The lowest BCUT2D eigenvalue weighted by atomic mass is 10.2. The Bertz CT molecular complexity index is 432. The lowest BCUT2D eigenvalue weighted by Gasteiger charge is -2.20. The van der Waals surface area contributed by atoms with E-state index in [0.717, 1.165) is 6.54 Å². The molecule has 0 aromatic heterocycles. The van der Waals surface area contributed by atoms with E-state index in [2.05, 4.69) is 16.8 Å². The van der Waals surface area contributed by atoms with E-state index >= 15 is 0 Å². The number of hydrogen-bond donors (Lipinski definition) is 2. The first kappa shape index (κ1) is 14.9. The van der Waals surface area contributed by atoms with Crippen LogP contribution in [0.4, 0.5) is 4.79 Å². The number of imide groups is 1. The van der Waals surface area contributed by atoms with Gasteiger partial charge in [-0.15, -0.1) is 6.58 Å². The van der Waals surface area contributed by atoms with Crippen LogP contribution in [-0.2, 0) is 11.3 Å². The average molecular weight is 261 g/mol. The summed E-state index contributed by atoms with van der Waals surface area (Å²) in [5.41, 5.74) is 6.05. The van der Waals surface area contributed by atoms with Crippen molar-refractivity contribution in [2.24, 2.45) is 5.73 Å². The molecule has 1 rings (SSSR count). The van der Waals surface area contributed by atoms with Gasteiger partial charge in [0.2, 0.25) is 5.91 Å². The van der Waals surface area contributed by atoms with Gasteiger partial charge in [0.25, 0.3) is 0 Å². The summed E-state index contributed by atoms with van der Waals surface area (Å²) in [6.07, 6.45) is 2.01. The lowest BCUT2D eigenvalue weighted by Crippen LogP contribution is -2.37. The van der Waals surface area contributed by atoms with Crippen molar-refractivity contribution in [3.8, 4) is 0 Å². The van der Waals surface area contributed by atoms with Crippen LogP contribution in [0.3, 0.4) is 0 Å². The highest BCUT2D eigenvalue weighted by Gasteiger charge is 2.09. The van der Waals surface area contributed by atoms with E-state index < -0.39 is 6.03 Å². The highest BCUT2D eigenvalue weighted by Crippen LogP contribution is 2.05. The number of hydrogen-bond acceptors (Lipinski definition) is 3. The maximum atomic E-state index is 11.4. The van der Waals surface area contributed by atoms with Crippen molar-refractivity contribution in [3.05, 3.63) is 48.6 Å². The van der Waals surface area contributed by atoms with E-state index in [9.17, 15) is 9.59 Å². The third-order valence-corrected chi connectivity index (χ3v) is 2.55. The van der Waals surface area contributed by atoms with Gasteiger partial charge in [-0.25, -0.2) is 4.79 Å². The molecule has 1 aromatic rings. The van der Waals surface area contributed by atoms with Gasteiger partial charge in [-0.2, -0.15) is 0 Å². The van der Waals surface area contributed by atoms with Crippen molar-refractivity contribution < 1.29 is 9.59 Å². The molecule has 0 saturated heterocycles. The van der Waals surface area contributed by atoms with Crippen LogP contribution in [0.5, 0.6) is 0 Å². The van der Waals surface area contributed by atoms with Crippen LogP contribution >= 0.6 is 0 Å². The smallest absolute Gasteiger partial charge is 0.318 e. The van der Waals surface area contributed by atoms with Crippen LogP contribution < -0.4 is 11.1 Å². The molecule has 0 bridgehead atoms. The number of amides is 3. The van der Waals surface area contributed by atoms with Crippen LogP contribution in [0.2, 0.25) is 0 Å². The lowest BCUT2D eigenvalue weighted by molar-refractivity contribution is -0.120. The summed E-state index contributed by atoms with van der Waals surface area (Å²) in [5, 5.41) is 2.05. The summed E-state index contributed by atoms with van der Waals surface area (Å²) in [6, 6.07) is 9.15. The molecular formula is C14H19N3O2. The Kier molecular flexibility index (Phi) is 6.32. The molecule has 1 aromatic carbocycles. The number of nitrogens with zero attached hydrogens (tertiary/aromatic N) is 1. The molecule has 0 radical (unpaired) electrons. The minimum absolute atomic E-state index is 0.226. The van der Waals surface area contributed by atoms with Gasteiger partial charge in [0.15, 0.2) is 0 Å². The summed E-state index contributed by atoms with van der Waals surface area (Å²) in [4.78, 5) is 24.0. The Balaban J connectivity index is 2.46. The van der Waals surface area contributed by atoms with Gasteiger partial charge >= 0.3 is 6.03 Å². The van der Waals surface area contributed by atoms with Crippen molar-refractivity contribution in [1.29, 1.82) is 0 Å². The fourth-order valence-electron chi connectivity index (χ4n) is 1.72. The molecule has 0 aliphatic rings. The maximum Gasteiger partial charge on any atom is 0.318 e.